The van der Waals surface area contributed by atoms with Crippen LogP contribution in [0.3, 0.4) is 0 Å². The third kappa shape index (κ3) is 9.92. The van der Waals surface area contributed by atoms with Crippen LogP contribution in [0.2, 0.25) is 0 Å². The van der Waals surface area contributed by atoms with Crippen LogP contribution in [-0.4, -0.2) is 64.2 Å². The lowest BCUT2D eigenvalue weighted by Crippen LogP contribution is -1.95. The lowest BCUT2D eigenvalue weighted by molar-refractivity contribution is 0.0686. The van der Waals surface area contributed by atoms with Gasteiger partial charge in [-0.1, -0.05) is 146 Å². The maximum absolute atomic E-state index is 11.7. The fourth-order valence-corrected chi connectivity index (χ4v) is 11.0. The SMILES string of the molecule is O=C(O)c1ccc(-c2ccc(-c3c4nc(c(-c5ccc(-c6ccc(C(=O)O)cc6)cc5)c5ccc([nH]5)c(-c5ccc(-c6ccc(C(=O)O)cc6)cc5)c5nc(c(-c6ccc(-c7ccc(C(=O)O)cc7)cc6)c6ccc3[nH]6)C=C5)C=C4)cc2)cc1. The summed E-state index contributed by atoms with van der Waals surface area (Å²) in [6.07, 6.45) is 8.09. The van der Waals surface area contributed by atoms with Crippen molar-refractivity contribution in [2.24, 2.45) is 0 Å². The first-order chi connectivity index (χ1) is 40.9. The molecule has 0 atom stereocenters. The summed E-state index contributed by atoms with van der Waals surface area (Å²) >= 11 is 0. The Morgan fingerprint density at radius 2 is 0.381 bits per heavy atom. The number of carbonyl (C=O) groups is 4. The lowest BCUT2D eigenvalue weighted by atomic mass is 9.98. The Hall–Kier alpha value is -11.8. The number of aromatic amines is 2. The molecule has 0 fully saturated rings. The summed E-state index contributed by atoms with van der Waals surface area (Å²) in [5.74, 6) is -3.98. The molecule has 0 aliphatic carbocycles. The van der Waals surface area contributed by atoms with Crippen molar-refractivity contribution in [2.45, 2.75) is 0 Å². The predicted molar refractivity (Wildman–Crippen MR) is 330 cm³/mol. The molecular weight excluding hydrogens is 1050 g/mol. The third-order valence-corrected chi connectivity index (χ3v) is 15.3. The second-order valence-corrected chi connectivity index (χ2v) is 20.3. The Morgan fingerprint density at radius 1 is 0.226 bits per heavy atom. The fraction of sp³-hybridized carbons (Fsp3) is 0. The van der Waals surface area contributed by atoms with Crippen LogP contribution in [0.5, 0.6) is 0 Å². The summed E-state index contributed by atoms with van der Waals surface area (Å²) in [5.41, 5.74) is 20.6. The highest BCUT2D eigenvalue weighted by Crippen LogP contribution is 2.40. The third-order valence-electron chi connectivity index (χ3n) is 15.3. The van der Waals surface area contributed by atoms with Gasteiger partial charge in [-0.05, 0) is 164 Å². The summed E-state index contributed by atoms with van der Waals surface area (Å²) in [6, 6.07) is 67.9. The smallest absolute Gasteiger partial charge is 0.335 e. The van der Waals surface area contributed by atoms with E-state index in [1.165, 1.54) is 0 Å². The van der Waals surface area contributed by atoms with Crippen molar-refractivity contribution in [3.8, 4) is 89.0 Å². The number of nitrogens with zero attached hydrogens (tertiary/aromatic N) is 2. The molecule has 2 aliphatic heterocycles. The van der Waals surface area contributed by atoms with Crippen molar-refractivity contribution < 1.29 is 39.6 Å². The second-order valence-electron chi connectivity index (χ2n) is 20.3. The van der Waals surface area contributed by atoms with Crippen LogP contribution >= 0.6 is 0 Å². The normalized spacial score (nSPS) is 11.6. The molecule has 0 saturated carbocycles. The zero-order valence-corrected chi connectivity index (χ0v) is 44.4. The first-order valence-electron chi connectivity index (χ1n) is 26.8. The standard InChI is InChI=1S/C72H46N4O8/c77-69(78)53-25-9-45(10-26-53)41-1-17-49(18-2-41)65-57-33-35-59(73-57)66(50-19-3-42(4-20-50)46-11-27-54(28-12-46)70(79)80)61-37-39-63(75-61)68(52-23-7-44(8-24-52)48-15-31-56(32-16-48)72(83)84)64-40-38-62(76-64)67(60-36-34-58(65)74-60)51-21-5-43(6-22-51)47-13-29-55(30-14-47)71(81)82/h1-40,73,76H,(H,77,78)(H,79,80)(H,81,82)(H,83,84). The number of carboxylic acids is 4. The Kier molecular flexibility index (Phi) is 13.1. The topological polar surface area (TPSA) is 207 Å². The zero-order chi connectivity index (χ0) is 57.6. The first-order valence-corrected chi connectivity index (χ1v) is 26.8. The van der Waals surface area contributed by atoms with Crippen molar-refractivity contribution in [3.63, 3.8) is 0 Å². The van der Waals surface area contributed by atoms with Gasteiger partial charge in [-0.15, -0.1) is 0 Å². The maximum Gasteiger partial charge on any atom is 0.335 e. The van der Waals surface area contributed by atoms with Gasteiger partial charge < -0.3 is 30.4 Å². The average Bonchev–Trinajstić information content (AvgIpc) is 3.69. The van der Waals surface area contributed by atoms with Gasteiger partial charge in [0.2, 0.25) is 0 Å². The van der Waals surface area contributed by atoms with E-state index in [-0.39, 0.29) is 22.3 Å². The van der Waals surface area contributed by atoms with Crippen LogP contribution < -0.4 is 0 Å². The lowest BCUT2D eigenvalue weighted by Gasteiger charge is -2.09. The number of H-pyrrole nitrogens is 2. The van der Waals surface area contributed by atoms with Crippen LogP contribution in [0.4, 0.5) is 0 Å². The fourth-order valence-electron chi connectivity index (χ4n) is 11.0. The molecule has 8 aromatic carbocycles. The number of carboxylic acid groups (broad SMARTS) is 4. The van der Waals surface area contributed by atoms with Crippen LogP contribution in [0.15, 0.2) is 218 Å². The number of fused-ring (bicyclic) bond motifs is 8. The Labute approximate surface area is 480 Å². The molecule has 11 aromatic rings. The van der Waals surface area contributed by atoms with Gasteiger partial charge in [0.15, 0.2) is 0 Å². The molecule has 12 nitrogen and oxygen atoms in total. The number of hydrogen-bond donors (Lipinski definition) is 6. The van der Waals surface area contributed by atoms with Crippen molar-refractivity contribution >= 4 is 70.2 Å². The minimum absolute atomic E-state index is 0.203. The van der Waals surface area contributed by atoms with Crippen LogP contribution in [0.25, 0.3) is 135 Å². The molecule has 5 heterocycles. The van der Waals surface area contributed by atoms with E-state index in [1.54, 1.807) is 97.1 Å². The minimum Gasteiger partial charge on any atom is -0.478 e. The number of nitrogens with one attached hydrogen (secondary N) is 2. The first kappa shape index (κ1) is 51.7. The minimum atomic E-state index is -0.994. The van der Waals surface area contributed by atoms with Gasteiger partial charge in [-0.3, -0.25) is 0 Å². The Bertz CT molecular complexity index is 4100. The van der Waals surface area contributed by atoms with Gasteiger partial charge in [-0.2, -0.15) is 0 Å². The second kappa shape index (κ2) is 21.4. The van der Waals surface area contributed by atoms with Gasteiger partial charge in [0.25, 0.3) is 0 Å². The van der Waals surface area contributed by atoms with Crippen molar-refractivity contribution in [2.75, 3.05) is 0 Å². The van der Waals surface area contributed by atoms with Crippen molar-refractivity contribution in [3.05, 3.63) is 263 Å². The average molecular weight is 1100 g/mol. The molecular formula is C72H46N4O8. The van der Waals surface area contributed by atoms with Gasteiger partial charge in [0.1, 0.15) is 0 Å². The quantitative estimate of drug-likeness (QED) is 0.0682. The zero-order valence-electron chi connectivity index (χ0n) is 44.4. The molecule has 13 rings (SSSR count). The van der Waals surface area contributed by atoms with Crippen LogP contribution in [0.1, 0.15) is 64.2 Å². The Morgan fingerprint density at radius 3 is 0.548 bits per heavy atom. The van der Waals surface area contributed by atoms with E-state index >= 15 is 0 Å². The van der Waals surface area contributed by atoms with E-state index < -0.39 is 23.9 Å². The summed E-state index contributed by atoms with van der Waals surface area (Å²) in [7, 11) is 0. The maximum atomic E-state index is 11.7. The van der Waals surface area contributed by atoms with E-state index in [2.05, 4.69) is 34.2 Å². The molecule has 0 unspecified atom stereocenters. The number of hydrogen-bond acceptors (Lipinski definition) is 6. The van der Waals surface area contributed by atoms with Gasteiger partial charge in [-0.25, -0.2) is 29.1 Å². The van der Waals surface area contributed by atoms with Gasteiger partial charge in [0.05, 0.1) is 45.0 Å². The van der Waals surface area contributed by atoms with E-state index in [1.807, 2.05) is 121 Å². The molecule has 0 radical (unpaired) electrons. The number of benzene rings is 8. The van der Waals surface area contributed by atoms with E-state index in [4.69, 9.17) is 9.97 Å². The number of aromatic carboxylic acids is 4. The molecule has 0 saturated heterocycles. The summed E-state index contributed by atoms with van der Waals surface area (Å²) in [5, 5.41) is 38.3. The highest BCUT2D eigenvalue weighted by molar-refractivity contribution is 6.01. The largest absolute Gasteiger partial charge is 0.478 e. The molecule has 12 heteroatoms. The number of aromatic nitrogens is 4. The van der Waals surface area contributed by atoms with Gasteiger partial charge in [0, 0.05) is 44.3 Å². The summed E-state index contributed by atoms with van der Waals surface area (Å²) in [6.45, 7) is 0. The van der Waals surface area contributed by atoms with Crippen LogP contribution in [-0.2, 0) is 0 Å². The van der Waals surface area contributed by atoms with E-state index in [9.17, 15) is 39.6 Å². The molecule has 0 spiro atoms. The Balaban J connectivity index is 1.05. The molecule has 2 aliphatic rings. The molecule has 0 amide bonds. The highest BCUT2D eigenvalue weighted by atomic mass is 16.4. The van der Waals surface area contributed by atoms with Gasteiger partial charge >= 0.3 is 23.9 Å². The number of rotatable bonds is 12. The van der Waals surface area contributed by atoms with Crippen molar-refractivity contribution in [1.82, 2.24) is 19.9 Å². The molecule has 402 valence electrons. The molecule has 8 bridgehead atoms. The van der Waals surface area contributed by atoms with Crippen molar-refractivity contribution in [1.29, 1.82) is 0 Å². The molecule has 84 heavy (non-hydrogen) atoms. The summed E-state index contributed by atoms with van der Waals surface area (Å²) < 4.78 is 0. The van der Waals surface area contributed by atoms with E-state index in [0.717, 1.165) is 111 Å². The van der Waals surface area contributed by atoms with Crippen LogP contribution in [0, 0.1) is 0 Å². The molecule has 6 N–H and O–H groups in total. The summed E-state index contributed by atoms with van der Waals surface area (Å²) in [4.78, 5) is 65.4. The molecule has 3 aromatic heterocycles. The highest BCUT2D eigenvalue weighted by Gasteiger charge is 2.21. The van der Waals surface area contributed by atoms with E-state index in [0.29, 0.717) is 22.8 Å². The predicted octanol–water partition coefficient (Wildman–Crippen LogP) is 16.8. The monoisotopic (exact) mass is 1090 g/mol.